The monoisotopic (exact) mass is 524 g/mol. The first-order valence-corrected chi connectivity index (χ1v) is 14.8. The summed E-state index contributed by atoms with van der Waals surface area (Å²) in [6.07, 6.45) is 8.78. The molecule has 0 saturated heterocycles. The quantitative estimate of drug-likeness (QED) is 0.240. The molecule has 40 heavy (non-hydrogen) atoms. The highest BCUT2D eigenvalue weighted by Crippen LogP contribution is 2.39. The van der Waals surface area contributed by atoms with E-state index in [1.807, 2.05) is 0 Å². The number of hydrogen-bond donors (Lipinski definition) is 2. The van der Waals surface area contributed by atoms with Crippen molar-refractivity contribution < 1.29 is 0 Å². The molecule has 1 aliphatic heterocycles. The average molecular weight is 525 g/mol. The highest BCUT2D eigenvalue weighted by Gasteiger charge is 2.21. The van der Waals surface area contributed by atoms with Crippen LogP contribution in [0, 0.1) is 0 Å². The molecule has 1 heterocycles. The van der Waals surface area contributed by atoms with Crippen LogP contribution in [-0.2, 0) is 0 Å². The third-order valence-electron chi connectivity index (χ3n) is 8.67. The van der Waals surface area contributed by atoms with E-state index in [9.17, 15) is 0 Å². The number of nitrogens with zero attached hydrogens (tertiary/aromatic N) is 2. The van der Waals surface area contributed by atoms with Gasteiger partial charge in [0.05, 0.1) is 22.7 Å². The van der Waals surface area contributed by atoms with Crippen molar-refractivity contribution in [2.45, 2.75) is 65.2 Å². The van der Waals surface area contributed by atoms with Crippen LogP contribution in [0.5, 0.6) is 0 Å². The average Bonchev–Trinajstić information content (AvgIpc) is 2.98. The lowest BCUT2D eigenvalue weighted by atomic mass is 9.90. The summed E-state index contributed by atoms with van der Waals surface area (Å²) in [5, 5.41) is 12.5. The largest absolute Gasteiger partial charge is 0.357 e. The topological polar surface area (TPSA) is 48.8 Å². The molecule has 2 N–H and O–H groups in total. The van der Waals surface area contributed by atoms with Gasteiger partial charge in [0.15, 0.2) is 0 Å². The Morgan fingerprint density at radius 1 is 0.500 bits per heavy atom. The minimum Gasteiger partial charge on any atom is -0.357 e. The molecule has 4 aromatic carbocycles. The third-order valence-corrected chi connectivity index (χ3v) is 8.67. The van der Waals surface area contributed by atoms with Gasteiger partial charge in [-0.3, -0.25) is 9.98 Å². The molecule has 200 valence electrons. The highest BCUT2D eigenvalue weighted by atomic mass is 15.0. The fourth-order valence-electron chi connectivity index (χ4n) is 6.52. The van der Waals surface area contributed by atoms with Gasteiger partial charge < -0.3 is 10.6 Å². The molecule has 2 fully saturated rings. The molecule has 7 rings (SSSR count). The molecule has 0 bridgehead atoms. The number of fused-ring (bicyclic) bond motifs is 6. The van der Waals surface area contributed by atoms with Crippen molar-refractivity contribution >= 4 is 55.7 Å². The fourth-order valence-corrected chi connectivity index (χ4v) is 6.52. The first-order valence-electron chi connectivity index (χ1n) is 14.8. The van der Waals surface area contributed by atoms with Crippen LogP contribution in [0.3, 0.4) is 0 Å². The molecule has 2 aliphatic carbocycles. The number of rotatable bonds is 0. The van der Waals surface area contributed by atoms with E-state index in [1.54, 1.807) is 0 Å². The van der Waals surface area contributed by atoms with E-state index >= 15 is 0 Å². The lowest BCUT2D eigenvalue weighted by Crippen LogP contribution is -2.16. The first-order chi connectivity index (χ1) is 19.6. The number of nitrogens with one attached hydrogen (secondary N) is 2. The van der Waals surface area contributed by atoms with E-state index in [1.165, 1.54) is 81.2 Å². The molecule has 4 nitrogen and oxygen atoms in total. The maximum Gasteiger partial charge on any atom is 0.0874 e. The summed E-state index contributed by atoms with van der Waals surface area (Å²) in [5.41, 5.74) is 11.6. The van der Waals surface area contributed by atoms with Gasteiger partial charge >= 0.3 is 0 Å². The lowest BCUT2D eigenvalue weighted by molar-refractivity contribution is 0.727. The Labute approximate surface area is 236 Å². The predicted molar refractivity (Wildman–Crippen MR) is 172 cm³/mol. The van der Waals surface area contributed by atoms with E-state index in [4.69, 9.17) is 9.98 Å². The second kappa shape index (κ2) is 10.4. The lowest BCUT2D eigenvalue weighted by Gasteiger charge is -2.25. The van der Waals surface area contributed by atoms with Crippen molar-refractivity contribution in [2.75, 3.05) is 10.6 Å². The highest BCUT2D eigenvalue weighted by molar-refractivity contribution is 6.07. The molecule has 4 heteroatoms. The minimum absolute atomic E-state index is 0.994. The van der Waals surface area contributed by atoms with Gasteiger partial charge in [-0.05, 0) is 122 Å². The summed E-state index contributed by atoms with van der Waals surface area (Å²) in [6.45, 7) is 4.42. The van der Waals surface area contributed by atoms with E-state index in [-0.39, 0.29) is 0 Å². The fraction of sp³-hybridized carbons (Fsp3) is 0.278. The zero-order chi connectivity index (χ0) is 27.1. The molecule has 0 spiro atoms. The van der Waals surface area contributed by atoms with Crippen LogP contribution in [0.1, 0.15) is 65.2 Å². The zero-order valence-corrected chi connectivity index (χ0v) is 23.5. The van der Waals surface area contributed by atoms with Crippen LogP contribution in [0.4, 0.5) is 22.7 Å². The van der Waals surface area contributed by atoms with Crippen LogP contribution < -0.4 is 10.6 Å². The summed E-state index contributed by atoms with van der Waals surface area (Å²) in [6, 6.07) is 26.2. The second-order valence-electron chi connectivity index (χ2n) is 11.4. The summed E-state index contributed by atoms with van der Waals surface area (Å²) in [5.74, 6) is 0. The van der Waals surface area contributed by atoms with Crippen LogP contribution in [0.2, 0.25) is 0 Å². The molecule has 0 atom stereocenters. The Hall–Kier alpha value is -4.18. The van der Waals surface area contributed by atoms with Gasteiger partial charge in [-0.2, -0.15) is 0 Å². The Kier molecular flexibility index (Phi) is 6.47. The number of allylic oxidation sites excluding steroid dienone is 4. The SMILES string of the molecule is CC1=C2CCCCC2=Nc2cc3ccccc3cc2NC(C)=C2CCCCC2=Nc2cc3ccccc3cc2N1. The van der Waals surface area contributed by atoms with Crippen molar-refractivity contribution in [3.05, 3.63) is 95.3 Å². The van der Waals surface area contributed by atoms with Gasteiger partial charge in [0.25, 0.3) is 0 Å². The molecule has 0 amide bonds. The number of aliphatic imine (C=N–C) groups is 2. The normalized spacial score (nSPS) is 17.9. The Morgan fingerprint density at radius 2 is 0.875 bits per heavy atom. The van der Waals surface area contributed by atoms with Crippen molar-refractivity contribution in [2.24, 2.45) is 9.98 Å². The van der Waals surface area contributed by atoms with Gasteiger partial charge in [-0.25, -0.2) is 0 Å². The zero-order valence-electron chi connectivity index (χ0n) is 23.5. The van der Waals surface area contributed by atoms with Crippen molar-refractivity contribution in [3.63, 3.8) is 0 Å². The molecule has 4 aromatic rings. The van der Waals surface area contributed by atoms with E-state index in [0.29, 0.717) is 0 Å². The Balaban J connectivity index is 1.49. The summed E-state index contributed by atoms with van der Waals surface area (Å²) in [7, 11) is 0. The standard InChI is InChI=1S/C36H36N4/c1-23-29-15-7-9-17-31(29)39-36-22-28-14-6-4-12-26(28)20-34(36)38-24(2)30-16-8-10-18-32(30)40-35-21-27-13-5-3-11-25(27)19-33(35)37-23/h3-6,11-14,19-22,37-38H,7-10,15-18H2,1-2H3. The van der Waals surface area contributed by atoms with Gasteiger partial charge in [-0.1, -0.05) is 48.5 Å². The Bertz CT molecular complexity index is 1640. The molecule has 3 aliphatic rings. The summed E-state index contributed by atoms with van der Waals surface area (Å²) in [4.78, 5) is 10.8. The predicted octanol–water partition coefficient (Wildman–Crippen LogP) is 10.4. The van der Waals surface area contributed by atoms with Crippen LogP contribution in [-0.4, -0.2) is 11.4 Å². The number of hydrogen-bond acceptors (Lipinski definition) is 4. The van der Waals surface area contributed by atoms with Crippen LogP contribution in [0.25, 0.3) is 21.5 Å². The molecular formula is C36H36N4. The maximum atomic E-state index is 5.40. The van der Waals surface area contributed by atoms with Crippen LogP contribution in [0.15, 0.2) is 105 Å². The van der Waals surface area contributed by atoms with Crippen molar-refractivity contribution in [1.29, 1.82) is 0 Å². The van der Waals surface area contributed by atoms with Crippen molar-refractivity contribution in [1.82, 2.24) is 0 Å². The van der Waals surface area contributed by atoms with E-state index in [0.717, 1.165) is 48.4 Å². The number of benzene rings is 4. The smallest absolute Gasteiger partial charge is 0.0874 e. The van der Waals surface area contributed by atoms with E-state index in [2.05, 4.69) is 97.3 Å². The second-order valence-corrected chi connectivity index (χ2v) is 11.4. The van der Waals surface area contributed by atoms with E-state index < -0.39 is 0 Å². The van der Waals surface area contributed by atoms with Crippen molar-refractivity contribution in [3.8, 4) is 0 Å². The van der Waals surface area contributed by atoms with Gasteiger partial charge in [0.1, 0.15) is 0 Å². The van der Waals surface area contributed by atoms with Gasteiger partial charge in [0.2, 0.25) is 0 Å². The molecular weight excluding hydrogens is 488 g/mol. The molecule has 0 radical (unpaired) electrons. The van der Waals surface area contributed by atoms with Gasteiger partial charge in [-0.15, -0.1) is 0 Å². The Morgan fingerprint density at radius 3 is 1.30 bits per heavy atom. The number of anilines is 2. The third kappa shape index (κ3) is 4.72. The maximum absolute atomic E-state index is 5.40. The first kappa shape index (κ1) is 24.8. The summed E-state index contributed by atoms with van der Waals surface area (Å²) < 4.78 is 0. The van der Waals surface area contributed by atoms with Crippen LogP contribution >= 0.6 is 0 Å². The molecule has 0 unspecified atom stereocenters. The molecule has 0 aromatic heterocycles. The minimum atomic E-state index is 0.994. The summed E-state index contributed by atoms with van der Waals surface area (Å²) >= 11 is 0. The van der Waals surface area contributed by atoms with Gasteiger partial charge in [0, 0.05) is 22.8 Å². The molecule has 2 saturated carbocycles.